The van der Waals surface area contributed by atoms with Crippen LogP contribution in [-0.2, 0) is 6.42 Å². The molecule has 2 N–H and O–H groups in total. The van der Waals surface area contributed by atoms with Crippen LogP contribution >= 0.6 is 11.8 Å². The highest BCUT2D eigenvalue weighted by atomic mass is 32.2. The molecule has 16 heavy (non-hydrogen) atoms. The van der Waals surface area contributed by atoms with E-state index in [4.69, 9.17) is 10.5 Å². The summed E-state index contributed by atoms with van der Waals surface area (Å²) in [5, 5.41) is 0.522. The maximum Gasteiger partial charge on any atom is 0.123 e. The normalized spacial score (nSPS) is 20.3. The Labute approximate surface area is 102 Å². The van der Waals surface area contributed by atoms with E-state index in [1.54, 1.807) is 0 Å². The summed E-state index contributed by atoms with van der Waals surface area (Å²) in [7, 11) is 0. The highest BCUT2D eigenvalue weighted by molar-refractivity contribution is 7.99. The topological polar surface area (TPSA) is 35.2 Å². The Morgan fingerprint density at radius 2 is 2.38 bits per heavy atom. The van der Waals surface area contributed by atoms with Crippen molar-refractivity contribution in [2.75, 3.05) is 12.3 Å². The standard InChI is InChI=1S/C13H19NOS/c1-9-3-4-13-11(5-9)6-12(15-13)8-16-10(2)7-14/h3-5,10,12H,6-8,14H2,1-2H3. The summed E-state index contributed by atoms with van der Waals surface area (Å²) in [6.45, 7) is 5.03. The molecule has 0 fully saturated rings. The molecule has 2 atom stereocenters. The number of benzene rings is 1. The second kappa shape index (κ2) is 5.11. The van der Waals surface area contributed by atoms with Crippen molar-refractivity contribution in [2.24, 2.45) is 5.73 Å². The zero-order valence-electron chi connectivity index (χ0n) is 9.90. The van der Waals surface area contributed by atoms with Gasteiger partial charge in [0.2, 0.25) is 0 Å². The maximum atomic E-state index is 5.90. The summed E-state index contributed by atoms with van der Waals surface area (Å²) in [6, 6.07) is 6.42. The average Bonchev–Trinajstić information content (AvgIpc) is 2.67. The number of hydrogen-bond acceptors (Lipinski definition) is 3. The zero-order valence-corrected chi connectivity index (χ0v) is 10.7. The molecule has 0 spiro atoms. The van der Waals surface area contributed by atoms with Crippen LogP contribution < -0.4 is 10.5 Å². The van der Waals surface area contributed by atoms with Gasteiger partial charge in [0.05, 0.1) is 0 Å². The Balaban J connectivity index is 1.90. The molecule has 0 radical (unpaired) electrons. The molecule has 0 saturated carbocycles. The van der Waals surface area contributed by atoms with Gasteiger partial charge in [-0.05, 0) is 18.6 Å². The van der Waals surface area contributed by atoms with Crippen molar-refractivity contribution in [1.82, 2.24) is 0 Å². The van der Waals surface area contributed by atoms with Crippen molar-refractivity contribution < 1.29 is 4.74 Å². The minimum absolute atomic E-state index is 0.329. The second-order valence-electron chi connectivity index (χ2n) is 4.43. The van der Waals surface area contributed by atoms with Crippen LogP contribution in [0.3, 0.4) is 0 Å². The van der Waals surface area contributed by atoms with Crippen LogP contribution in [0.2, 0.25) is 0 Å². The molecule has 0 saturated heterocycles. The monoisotopic (exact) mass is 237 g/mol. The first-order chi connectivity index (χ1) is 7.69. The number of aryl methyl sites for hydroxylation is 1. The van der Waals surface area contributed by atoms with Gasteiger partial charge in [-0.25, -0.2) is 0 Å². The maximum absolute atomic E-state index is 5.90. The lowest BCUT2D eigenvalue weighted by atomic mass is 10.1. The van der Waals surface area contributed by atoms with Gasteiger partial charge in [-0.1, -0.05) is 24.6 Å². The van der Waals surface area contributed by atoms with Crippen LogP contribution in [0, 0.1) is 6.92 Å². The van der Waals surface area contributed by atoms with Crippen LogP contribution in [-0.4, -0.2) is 23.7 Å². The van der Waals surface area contributed by atoms with Crippen molar-refractivity contribution >= 4 is 11.8 Å². The van der Waals surface area contributed by atoms with E-state index < -0.39 is 0 Å². The largest absolute Gasteiger partial charge is 0.489 e. The van der Waals surface area contributed by atoms with Crippen molar-refractivity contribution in [2.45, 2.75) is 31.6 Å². The van der Waals surface area contributed by atoms with E-state index in [-0.39, 0.29) is 0 Å². The average molecular weight is 237 g/mol. The fourth-order valence-electron chi connectivity index (χ4n) is 1.88. The lowest BCUT2D eigenvalue weighted by Gasteiger charge is -2.13. The number of rotatable bonds is 4. The number of fused-ring (bicyclic) bond motifs is 1. The van der Waals surface area contributed by atoms with Gasteiger partial charge in [0.1, 0.15) is 11.9 Å². The van der Waals surface area contributed by atoms with E-state index in [0.29, 0.717) is 11.4 Å². The van der Waals surface area contributed by atoms with Crippen LogP contribution in [0.15, 0.2) is 18.2 Å². The van der Waals surface area contributed by atoms with Crippen LogP contribution in [0.25, 0.3) is 0 Å². The molecule has 1 aromatic carbocycles. The number of ether oxygens (including phenoxy) is 1. The molecule has 1 aliphatic rings. The van der Waals surface area contributed by atoms with E-state index in [2.05, 4.69) is 32.0 Å². The van der Waals surface area contributed by atoms with Crippen molar-refractivity contribution in [1.29, 1.82) is 0 Å². The van der Waals surface area contributed by atoms with E-state index in [1.165, 1.54) is 11.1 Å². The van der Waals surface area contributed by atoms with E-state index in [1.807, 2.05) is 11.8 Å². The van der Waals surface area contributed by atoms with Gasteiger partial charge in [0.25, 0.3) is 0 Å². The third-order valence-corrected chi connectivity index (χ3v) is 4.18. The number of nitrogens with two attached hydrogens (primary N) is 1. The Kier molecular flexibility index (Phi) is 3.77. The molecule has 1 heterocycles. The highest BCUT2D eigenvalue weighted by Crippen LogP contribution is 2.31. The molecule has 0 aliphatic carbocycles. The van der Waals surface area contributed by atoms with Gasteiger partial charge in [-0.15, -0.1) is 0 Å². The molecule has 0 aromatic heterocycles. The van der Waals surface area contributed by atoms with Gasteiger partial charge in [0, 0.05) is 24.0 Å². The van der Waals surface area contributed by atoms with Crippen molar-refractivity contribution in [3.05, 3.63) is 29.3 Å². The predicted octanol–water partition coefficient (Wildman–Crippen LogP) is 2.38. The summed E-state index contributed by atoms with van der Waals surface area (Å²) < 4.78 is 5.90. The Morgan fingerprint density at radius 3 is 3.12 bits per heavy atom. The van der Waals surface area contributed by atoms with Crippen LogP contribution in [0.4, 0.5) is 0 Å². The molecular weight excluding hydrogens is 218 g/mol. The van der Waals surface area contributed by atoms with Gasteiger partial charge < -0.3 is 10.5 Å². The van der Waals surface area contributed by atoms with Crippen molar-refractivity contribution in [3.8, 4) is 5.75 Å². The molecule has 0 bridgehead atoms. The quantitative estimate of drug-likeness (QED) is 0.873. The molecule has 2 nitrogen and oxygen atoms in total. The first-order valence-corrected chi connectivity index (χ1v) is 6.81. The summed E-state index contributed by atoms with van der Waals surface area (Å²) in [6.07, 6.45) is 1.37. The SMILES string of the molecule is Cc1ccc2c(c1)CC(CSC(C)CN)O2. The number of thioether (sulfide) groups is 1. The van der Waals surface area contributed by atoms with E-state index in [0.717, 1.165) is 24.5 Å². The minimum Gasteiger partial charge on any atom is -0.489 e. The highest BCUT2D eigenvalue weighted by Gasteiger charge is 2.23. The third kappa shape index (κ3) is 2.71. The molecule has 0 amide bonds. The Hall–Kier alpha value is -0.670. The van der Waals surface area contributed by atoms with E-state index >= 15 is 0 Å². The molecular formula is C13H19NOS. The van der Waals surface area contributed by atoms with Crippen molar-refractivity contribution in [3.63, 3.8) is 0 Å². The smallest absolute Gasteiger partial charge is 0.123 e. The molecule has 88 valence electrons. The van der Waals surface area contributed by atoms with Gasteiger partial charge in [-0.3, -0.25) is 0 Å². The first kappa shape index (κ1) is 11.8. The second-order valence-corrected chi connectivity index (χ2v) is 5.91. The summed E-state index contributed by atoms with van der Waals surface area (Å²) in [5.74, 6) is 2.10. The molecule has 3 heteroatoms. The lowest BCUT2D eigenvalue weighted by molar-refractivity contribution is 0.259. The first-order valence-electron chi connectivity index (χ1n) is 5.77. The van der Waals surface area contributed by atoms with E-state index in [9.17, 15) is 0 Å². The Bertz CT molecular complexity index is 367. The number of hydrogen-bond donors (Lipinski definition) is 1. The fourth-order valence-corrected chi connectivity index (χ4v) is 2.75. The van der Waals surface area contributed by atoms with Crippen LogP contribution in [0.5, 0.6) is 5.75 Å². The minimum atomic E-state index is 0.329. The summed E-state index contributed by atoms with van der Waals surface area (Å²) in [4.78, 5) is 0. The molecule has 1 aliphatic heterocycles. The van der Waals surface area contributed by atoms with Gasteiger partial charge in [-0.2, -0.15) is 11.8 Å². The van der Waals surface area contributed by atoms with Crippen LogP contribution in [0.1, 0.15) is 18.1 Å². The fraction of sp³-hybridized carbons (Fsp3) is 0.538. The summed E-state index contributed by atoms with van der Waals surface area (Å²) >= 11 is 1.90. The predicted molar refractivity (Wildman–Crippen MR) is 70.3 cm³/mol. The Morgan fingerprint density at radius 1 is 1.56 bits per heavy atom. The summed E-state index contributed by atoms with van der Waals surface area (Å²) in [5.41, 5.74) is 8.26. The lowest BCUT2D eigenvalue weighted by Crippen LogP contribution is -2.20. The molecule has 2 rings (SSSR count). The molecule has 1 aromatic rings. The van der Waals surface area contributed by atoms with Gasteiger partial charge in [0.15, 0.2) is 0 Å². The molecule has 2 unspecified atom stereocenters. The van der Waals surface area contributed by atoms with Gasteiger partial charge >= 0.3 is 0 Å². The zero-order chi connectivity index (χ0) is 11.5. The third-order valence-electron chi connectivity index (χ3n) is 2.86.